The van der Waals surface area contributed by atoms with Crippen LogP contribution in [0.1, 0.15) is 20.8 Å². The Bertz CT molecular complexity index is 815. The van der Waals surface area contributed by atoms with E-state index in [1.165, 1.54) is 0 Å². The molecule has 0 fully saturated rings. The molecule has 26 heavy (non-hydrogen) atoms. The van der Waals surface area contributed by atoms with Crippen molar-refractivity contribution in [1.82, 2.24) is 10.3 Å². The van der Waals surface area contributed by atoms with Crippen LogP contribution in [0.5, 0.6) is 5.75 Å². The lowest BCUT2D eigenvalue weighted by Gasteiger charge is -2.22. The van der Waals surface area contributed by atoms with Gasteiger partial charge in [-0.2, -0.15) is 0 Å². The minimum absolute atomic E-state index is 0.0149. The third kappa shape index (κ3) is 4.30. The maximum atomic E-state index is 12.4. The Hall–Kier alpha value is -3.09. The molecule has 1 aliphatic rings. The lowest BCUT2D eigenvalue weighted by Crippen LogP contribution is -2.48. The van der Waals surface area contributed by atoms with Crippen molar-refractivity contribution < 1.29 is 19.1 Å². The number of carbonyl (C=O) groups is 2. The molecular formula is C19H21N3O4. The Morgan fingerprint density at radius 1 is 1.31 bits per heavy atom. The number of benzene rings is 1. The number of hydrogen-bond acceptors (Lipinski definition) is 5. The van der Waals surface area contributed by atoms with Gasteiger partial charge in [0, 0.05) is 11.8 Å². The molecule has 2 heterocycles. The molecule has 0 saturated heterocycles. The van der Waals surface area contributed by atoms with Crippen molar-refractivity contribution in [2.24, 2.45) is 0 Å². The maximum Gasteiger partial charge on any atom is 0.408 e. The summed E-state index contributed by atoms with van der Waals surface area (Å²) in [6.45, 7) is 5.28. The third-order valence-corrected chi connectivity index (χ3v) is 3.61. The number of nitrogens with one attached hydrogen (secondary N) is 2. The van der Waals surface area contributed by atoms with E-state index >= 15 is 0 Å². The first-order chi connectivity index (χ1) is 12.3. The Balaban J connectivity index is 1.75. The Morgan fingerprint density at radius 2 is 2.12 bits per heavy atom. The van der Waals surface area contributed by atoms with Crippen molar-refractivity contribution in [3.8, 4) is 17.0 Å². The summed E-state index contributed by atoms with van der Waals surface area (Å²) in [5, 5.41) is 5.32. The summed E-state index contributed by atoms with van der Waals surface area (Å²) in [6, 6.07) is 10.2. The first-order valence-electron chi connectivity index (χ1n) is 8.30. The SMILES string of the molecule is CC(C)(C)OC(=O)N[C@H]1COc2ccc(-c3ccccn3)cc2NC1=O. The number of nitrogens with zero attached hydrogens (tertiary/aromatic N) is 1. The third-order valence-electron chi connectivity index (χ3n) is 3.61. The monoisotopic (exact) mass is 355 g/mol. The van der Waals surface area contributed by atoms with Crippen LogP contribution in [0, 0.1) is 0 Å². The van der Waals surface area contributed by atoms with Gasteiger partial charge in [-0.25, -0.2) is 4.79 Å². The van der Waals surface area contributed by atoms with Crippen molar-refractivity contribution in [2.75, 3.05) is 11.9 Å². The second kappa shape index (κ2) is 7.03. The number of carbonyl (C=O) groups excluding carboxylic acids is 2. The Kier molecular flexibility index (Phi) is 4.79. The zero-order valence-corrected chi connectivity index (χ0v) is 14.9. The standard InChI is InChI=1S/C19H21N3O4/c1-19(2,3)26-18(24)22-15-11-25-16-8-7-12(10-14(16)21-17(15)23)13-6-4-5-9-20-13/h4-10,15H,11H2,1-3H3,(H,21,23)(H,22,24)/t15-/m0/s1. The zero-order chi connectivity index (χ0) is 18.7. The molecule has 7 nitrogen and oxygen atoms in total. The number of fused-ring (bicyclic) bond motifs is 1. The van der Waals surface area contributed by atoms with Gasteiger partial charge in [-0.1, -0.05) is 6.07 Å². The largest absolute Gasteiger partial charge is 0.489 e. The van der Waals surface area contributed by atoms with Gasteiger partial charge in [-0.15, -0.1) is 0 Å². The van der Waals surface area contributed by atoms with E-state index in [2.05, 4.69) is 15.6 Å². The van der Waals surface area contributed by atoms with Gasteiger partial charge in [-0.05, 0) is 51.1 Å². The number of amides is 2. The van der Waals surface area contributed by atoms with Gasteiger partial charge < -0.3 is 20.1 Å². The topological polar surface area (TPSA) is 89.6 Å². The molecule has 3 rings (SSSR count). The van der Waals surface area contributed by atoms with E-state index in [0.717, 1.165) is 11.3 Å². The van der Waals surface area contributed by atoms with Crippen LogP contribution >= 0.6 is 0 Å². The highest BCUT2D eigenvalue weighted by Crippen LogP contribution is 2.31. The molecule has 1 atom stereocenters. The second-order valence-electron chi connectivity index (χ2n) is 6.92. The summed E-state index contributed by atoms with van der Waals surface area (Å²) in [5.41, 5.74) is 1.53. The molecule has 7 heteroatoms. The van der Waals surface area contributed by atoms with Crippen molar-refractivity contribution in [2.45, 2.75) is 32.4 Å². The first kappa shape index (κ1) is 17.7. The normalized spacial score (nSPS) is 16.6. The molecule has 1 aromatic carbocycles. The van der Waals surface area contributed by atoms with Crippen molar-refractivity contribution in [1.29, 1.82) is 0 Å². The Morgan fingerprint density at radius 3 is 2.81 bits per heavy atom. The van der Waals surface area contributed by atoms with Gasteiger partial charge in [0.1, 0.15) is 24.0 Å². The molecule has 0 unspecified atom stereocenters. The zero-order valence-electron chi connectivity index (χ0n) is 14.9. The van der Waals surface area contributed by atoms with Crippen LogP contribution in [0.4, 0.5) is 10.5 Å². The van der Waals surface area contributed by atoms with Gasteiger partial charge in [0.25, 0.3) is 5.91 Å². The number of anilines is 1. The number of pyridine rings is 1. The quantitative estimate of drug-likeness (QED) is 0.864. The number of aromatic nitrogens is 1. The molecule has 0 radical (unpaired) electrons. The van der Waals surface area contributed by atoms with Crippen LogP contribution in [0.2, 0.25) is 0 Å². The fourth-order valence-corrected chi connectivity index (χ4v) is 2.47. The first-order valence-corrected chi connectivity index (χ1v) is 8.30. The van der Waals surface area contributed by atoms with E-state index in [1.807, 2.05) is 24.3 Å². The fraction of sp³-hybridized carbons (Fsp3) is 0.316. The van der Waals surface area contributed by atoms with E-state index in [0.29, 0.717) is 11.4 Å². The second-order valence-corrected chi connectivity index (χ2v) is 6.92. The van der Waals surface area contributed by atoms with Crippen LogP contribution in [-0.4, -0.2) is 35.2 Å². The maximum absolute atomic E-state index is 12.4. The van der Waals surface area contributed by atoms with Gasteiger partial charge in [-0.3, -0.25) is 9.78 Å². The minimum Gasteiger partial charge on any atom is -0.489 e. The van der Waals surface area contributed by atoms with Gasteiger partial charge >= 0.3 is 6.09 Å². The van der Waals surface area contributed by atoms with E-state index < -0.39 is 17.7 Å². The predicted octanol–water partition coefficient (Wildman–Crippen LogP) is 2.97. The van der Waals surface area contributed by atoms with Crippen molar-refractivity contribution >= 4 is 17.7 Å². The van der Waals surface area contributed by atoms with E-state index in [1.54, 1.807) is 39.1 Å². The molecule has 136 valence electrons. The lowest BCUT2D eigenvalue weighted by atomic mass is 10.1. The molecule has 1 aromatic heterocycles. The number of hydrogen-bond donors (Lipinski definition) is 2. The average molecular weight is 355 g/mol. The highest BCUT2D eigenvalue weighted by Gasteiger charge is 2.28. The number of ether oxygens (including phenoxy) is 2. The van der Waals surface area contributed by atoms with Crippen LogP contribution < -0.4 is 15.4 Å². The molecule has 0 saturated carbocycles. The molecule has 2 aromatic rings. The Labute approximate surface area is 151 Å². The van der Waals surface area contributed by atoms with Crippen LogP contribution in [-0.2, 0) is 9.53 Å². The summed E-state index contributed by atoms with van der Waals surface area (Å²) >= 11 is 0. The molecule has 1 aliphatic heterocycles. The van der Waals surface area contributed by atoms with Crippen LogP contribution in [0.25, 0.3) is 11.3 Å². The van der Waals surface area contributed by atoms with Crippen molar-refractivity contribution in [3.05, 3.63) is 42.6 Å². The molecule has 2 N–H and O–H groups in total. The summed E-state index contributed by atoms with van der Waals surface area (Å²) in [4.78, 5) is 28.7. The van der Waals surface area contributed by atoms with Crippen LogP contribution in [0.15, 0.2) is 42.6 Å². The summed E-state index contributed by atoms with van der Waals surface area (Å²) in [5.74, 6) is 0.166. The number of rotatable bonds is 2. The van der Waals surface area contributed by atoms with Gasteiger partial charge in [0.2, 0.25) is 0 Å². The minimum atomic E-state index is -0.851. The average Bonchev–Trinajstić information content (AvgIpc) is 2.72. The molecule has 0 spiro atoms. The summed E-state index contributed by atoms with van der Waals surface area (Å²) in [6.07, 6.45) is 1.04. The molecule has 0 bridgehead atoms. The van der Waals surface area contributed by atoms with Gasteiger partial charge in [0.05, 0.1) is 11.4 Å². The van der Waals surface area contributed by atoms with Crippen molar-refractivity contribution in [3.63, 3.8) is 0 Å². The summed E-state index contributed by atoms with van der Waals surface area (Å²) < 4.78 is 10.9. The van der Waals surface area contributed by atoms with E-state index in [9.17, 15) is 9.59 Å². The highest BCUT2D eigenvalue weighted by molar-refractivity contribution is 5.99. The molecule has 0 aliphatic carbocycles. The smallest absolute Gasteiger partial charge is 0.408 e. The van der Waals surface area contributed by atoms with Gasteiger partial charge in [0.15, 0.2) is 0 Å². The summed E-state index contributed by atoms with van der Waals surface area (Å²) in [7, 11) is 0. The number of alkyl carbamates (subject to hydrolysis) is 1. The van der Waals surface area contributed by atoms with Crippen LogP contribution in [0.3, 0.4) is 0 Å². The lowest BCUT2D eigenvalue weighted by molar-refractivity contribution is -0.118. The van der Waals surface area contributed by atoms with E-state index in [-0.39, 0.29) is 12.5 Å². The van der Waals surface area contributed by atoms with E-state index in [4.69, 9.17) is 9.47 Å². The fourth-order valence-electron chi connectivity index (χ4n) is 2.47. The predicted molar refractivity (Wildman–Crippen MR) is 97.0 cm³/mol. The molecule has 2 amide bonds. The molecular weight excluding hydrogens is 334 g/mol. The highest BCUT2D eigenvalue weighted by atomic mass is 16.6.